The van der Waals surface area contributed by atoms with Gasteiger partial charge in [-0.3, -0.25) is 14.2 Å². The number of nitrogens with zero attached hydrogens (tertiary/aromatic N) is 2. The molecule has 0 fully saturated rings. The van der Waals surface area contributed by atoms with E-state index in [4.69, 9.17) is 0 Å². The Bertz CT molecular complexity index is 814. The van der Waals surface area contributed by atoms with Gasteiger partial charge in [-0.25, -0.2) is 9.78 Å². The van der Waals surface area contributed by atoms with Gasteiger partial charge >= 0.3 is 5.69 Å². The average Bonchev–Trinajstić information content (AvgIpc) is 2.57. The molecule has 132 valence electrons. The summed E-state index contributed by atoms with van der Waals surface area (Å²) < 4.78 is 1.21. The summed E-state index contributed by atoms with van der Waals surface area (Å²) in [6, 6.07) is 6.97. The van der Waals surface area contributed by atoms with Crippen molar-refractivity contribution >= 4 is 23.2 Å². The molecule has 0 spiro atoms. The van der Waals surface area contributed by atoms with Crippen molar-refractivity contribution in [2.75, 3.05) is 10.6 Å². The molecule has 0 atom stereocenters. The topological polar surface area (TPSA) is 93.1 Å². The summed E-state index contributed by atoms with van der Waals surface area (Å²) >= 11 is 0. The van der Waals surface area contributed by atoms with Gasteiger partial charge in [0.2, 0.25) is 11.8 Å². The van der Waals surface area contributed by atoms with E-state index in [1.54, 1.807) is 18.2 Å². The maximum atomic E-state index is 12.2. The number of amides is 2. The molecule has 2 rings (SSSR count). The Morgan fingerprint density at radius 2 is 1.92 bits per heavy atom. The number of carbonyl (C=O) groups excluding carboxylic acids is 2. The van der Waals surface area contributed by atoms with Crippen molar-refractivity contribution in [3.63, 3.8) is 0 Å². The molecule has 1 aromatic heterocycles. The Balaban J connectivity index is 2.11. The second-order valence-corrected chi connectivity index (χ2v) is 5.78. The minimum absolute atomic E-state index is 0.0929. The van der Waals surface area contributed by atoms with Crippen molar-refractivity contribution in [2.45, 2.75) is 39.7 Å². The summed E-state index contributed by atoms with van der Waals surface area (Å²) in [7, 11) is 0. The summed E-state index contributed by atoms with van der Waals surface area (Å²) in [5, 5.41) is 5.57. The van der Waals surface area contributed by atoms with E-state index in [2.05, 4.69) is 15.6 Å². The van der Waals surface area contributed by atoms with E-state index in [1.807, 2.05) is 19.9 Å². The Morgan fingerprint density at radius 3 is 2.64 bits per heavy atom. The standard InChI is InChI=1S/C18H22N4O3/c1-3-4-6-16(23)20-14-8-7-13(2)11-15(14)21-17(24)12-22-10-5-9-19-18(22)25/h5,7-11H,3-4,6,12H2,1-2H3,(H,20,23)(H,21,24). The van der Waals surface area contributed by atoms with Crippen molar-refractivity contribution in [2.24, 2.45) is 0 Å². The number of aromatic nitrogens is 2. The fourth-order valence-electron chi connectivity index (χ4n) is 2.27. The zero-order valence-electron chi connectivity index (χ0n) is 14.4. The lowest BCUT2D eigenvalue weighted by molar-refractivity contribution is -0.117. The Morgan fingerprint density at radius 1 is 1.16 bits per heavy atom. The molecule has 1 aromatic carbocycles. The molecule has 0 radical (unpaired) electrons. The van der Waals surface area contributed by atoms with Gasteiger partial charge in [-0.2, -0.15) is 0 Å². The van der Waals surface area contributed by atoms with Crippen molar-refractivity contribution in [3.05, 3.63) is 52.7 Å². The molecule has 2 N–H and O–H groups in total. The van der Waals surface area contributed by atoms with E-state index in [1.165, 1.54) is 17.0 Å². The van der Waals surface area contributed by atoms with Gasteiger partial charge in [-0.05, 0) is 37.1 Å². The summed E-state index contributed by atoms with van der Waals surface area (Å²) in [6.45, 7) is 3.76. The molecule has 0 aliphatic rings. The molecule has 2 amide bonds. The minimum atomic E-state index is -0.491. The second kappa shape index (κ2) is 8.77. The lowest BCUT2D eigenvalue weighted by Gasteiger charge is -2.13. The van der Waals surface area contributed by atoms with E-state index in [0.29, 0.717) is 17.8 Å². The van der Waals surface area contributed by atoms with Gasteiger partial charge in [0, 0.05) is 18.8 Å². The second-order valence-electron chi connectivity index (χ2n) is 5.78. The van der Waals surface area contributed by atoms with E-state index < -0.39 is 5.69 Å². The average molecular weight is 342 g/mol. The number of carbonyl (C=O) groups is 2. The molecule has 0 aliphatic heterocycles. The first kappa shape index (κ1) is 18.4. The third kappa shape index (κ3) is 5.56. The zero-order valence-corrected chi connectivity index (χ0v) is 14.4. The van der Waals surface area contributed by atoms with E-state index >= 15 is 0 Å². The van der Waals surface area contributed by atoms with Crippen LogP contribution in [0.15, 0.2) is 41.5 Å². The number of hydrogen-bond donors (Lipinski definition) is 2. The van der Waals surface area contributed by atoms with Gasteiger partial charge in [-0.1, -0.05) is 19.4 Å². The molecule has 7 nitrogen and oxygen atoms in total. The van der Waals surface area contributed by atoms with Crippen LogP contribution in [0.1, 0.15) is 31.7 Å². The van der Waals surface area contributed by atoms with Gasteiger partial charge in [0.15, 0.2) is 0 Å². The normalized spacial score (nSPS) is 10.3. The summed E-state index contributed by atoms with van der Waals surface area (Å²) in [4.78, 5) is 39.4. The van der Waals surface area contributed by atoms with Crippen LogP contribution < -0.4 is 16.3 Å². The molecule has 2 aromatic rings. The predicted molar refractivity (Wildman–Crippen MR) is 96.5 cm³/mol. The fraction of sp³-hybridized carbons (Fsp3) is 0.333. The smallest absolute Gasteiger partial charge is 0.324 e. The molecular weight excluding hydrogens is 320 g/mol. The largest absolute Gasteiger partial charge is 0.347 e. The quantitative estimate of drug-likeness (QED) is 0.807. The molecule has 1 heterocycles. The van der Waals surface area contributed by atoms with Crippen LogP contribution in [0.25, 0.3) is 0 Å². The third-order valence-corrected chi connectivity index (χ3v) is 3.58. The van der Waals surface area contributed by atoms with Crippen LogP contribution in [0.4, 0.5) is 11.4 Å². The number of benzene rings is 1. The highest BCUT2D eigenvalue weighted by Gasteiger charge is 2.11. The van der Waals surface area contributed by atoms with Gasteiger partial charge in [0.05, 0.1) is 11.4 Å². The van der Waals surface area contributed by atoms with Crippen LogP contribution in [-0.2, 0) is 16.1 Å². The van der Waals surface area contributed by atoms with Crippen molar-refractivity contribution in [3.8, 4) is 0 Å². The SMILES string of the molecule is CCCCC(=O)Nc1ccc(C)cc1NC(=O)Cn1cccnc1=O. The van der Waals surface area contributed by atoms with E-state index in [0.717, 1.165) is 18.4 Å². The van der Waals surface area contributed by atoms with Crippen LogP contribution in [0.2, 0.25) is 0 Å². The molecule has 0 saturated carbocycles. The molecule has 25 heavy (non-hydrogen) atoms. The molecule has 0 saturated heterocycles. The third-order valence-electron chi connectivity index (χ3n) is 3.58. The molecular formula is C18H22N4O3. The van der Waals surface area contributed by atoms with Crippen molar-refractivity contribution in [1.82, 2.24) is 9.55 Å². The first-order valence-electron chi connectivity index (χ1n) is 8.21. The predicted octanol–water partition coefficient (Wildman–Crippen LogP) is 2.32. The lowest BCUT2D eigenvalue weighted by atomic mass is 10.1. The number of unbranched alkanes of at least 4 members (excludes halogenated alkanes) is 1. The zero-order chi connectivity index (χ0) is 18.2. The summed E-state index contributed by atoms with van der Waals surface area (Å²) in [5.41, 5.74) is 1.50. The highest BCUT2D eigenvalue weighted by molar-refractivity contribution is 5.99. The highest BCUT2D eigenvalue weighted by atomic mass is 16.2. The van der Waals surface area contributed by atoms with Crippen LogP contribution in [-0.4, -0.2) is 21.4 Å². The number of aryl methyl sites for hydroxylation is 1. The van der Waals surface area contributed by atoms with E-state index in [-0.39, 0.29) is 18.4 Å². The summed E-state index contributed by atoms with van der Waals surface area (Å²) in [6.07, 6.45) is 5.05. The number of nitrogens with one attached hydrogen (secondary N) is 2. The van der Waals surface area contributed by atoms with Crippen LogP contribution in [0.3, 0.4) is 0 Å². The minimum Gasteiger partial charge on any atom is -0.324 e. The Labute approximate surface area is 146 Å². The highest BCUT2D eigenvalue weighted by Crippen LogP contribution is 2.23. The first-order chi connectivity index (χ1) is 12.0. The Hall–Kier alpha value is -2.96. The maximum absolute atomic E-state index is 12.2. The molecule has 0 bridgehead atoms. The number of hydrogen-bond acceptors (Lipinski definition) is 4. The van der Waals surface area contributed by atoms with Gasteiger partial charge < -0.3 is 10.6 Å². The first-order valence-corrected chi connectivity index (χ1v) is 8.21. The molecule has 7 heteroatoms. The summed E-state index contributed by atoms with van der Waals surface area (Å²) in [5.74, 6) is -0.463. The number of rotatable bonds is 7. The van der Waals surface area contributed by atoms with E-state index in [9.17, 15) is 14.4 Å². The van der Waals surface area contributed by atoms with Crippen LogP contribution in [0, 0.1) is 6.92 Å². The van der Waals surface area contributed by atoms with Gasteiger partial charge in [0.1, 0.15) is 6.54 Å². The van der Waals surface area contributed by atoms with Crippen molar-refractivity contribution in [1.29, 1.82) is 0 Å². The van der Waals surface area contributed by atoms with Crippen LogP contribution in [0.5, 0.6) is 0 Å². The molecule has 0 unspecified atom stereocenters. The van der Waals surface area contributed by atoms with Gasteiger partial charge in [-0.15, -0.1) is 0 Å². The monoisotopic (exact) mass is 342 g/mol. The molecule has 0 aliphatic carbocycles. The maximum Gasteiger partial charge on any atom is 0.347 e. The fourth-order valence-corrected chi connectivity index (χ4v) is 2.27. The Kier molecular flexibility index (Phi) is 6.45. The van der Waals surface area contributed by atoms with Crippen molar-refractivity contribution < 1.29 is 9.59 Å². The van der Waals surface area contributed by atoms with Gasteiger partial charge in [0.25, 0.3) is 0 Å². The number of anilines is 2. The lowest BCUT2D eigenvalue weighted by Crippen LogP contribution is -2.28. The van der Waals surface area contributed by atoms with Crippen LogP contribution >= 0.6 is 0 Å².